The quantitative estimate of drug-likeness (QED) is 0.824. The van der Waals surface area contributed by atoms with Gasteiger partial charge in [-0.2, -0.15) is 5.10 Å². The molecule has 0 saturated carbocycles. The topological polar surface area (TPSA) is 45.1 Å². The molecule has 2 aliphatic rings. The zero-order chi connectivity index (χ0) is 16.4. The highest BCUT2D eigenvalue weighted by Gasteiger charge is 2.19. The SMILES string of the molecule is Cc1cc2n(n1)C[C@H](CNCCN1CCc3ccccc3C1)CN2. The Balaban J connectivity index is 1.19. The highest BCUT2D eigenvalue weighted by Crippen LogP contribution is 2.19. The summed E-state index contributed by atoms with van der Waals surface area (Å²) in [6, 6.07) is 11.0. The lowest BCUT2D eigenvalue weighted by molar-refractivity contribution is 0.250. The van der Waals surface area contributed by atoms with Gasteiger partial charge >= 0.3 is 0 Å². The number of aryl methyl sites for hydroxylation is 1. The predicted octanol–water partition coefficient (Wildman–Crippen LogP) is 1.88. The molecule has 2 aromatic rings. The minimum absolute atomic E-state index is 0.610. The first-order valence-corrected chi connectivity index (χ1v) is 9.06. The fourth-order valence-electron chi connectivity index (χ4n) is 3.81. The Bertz CT molecular complexity index is 693. The Kier molecular flexibility index (Phi) is 4.54. The van der Waals surface area contributed by atoms with Crippen molar-refractivity contribution in [2.75, 3.05) is 38.0 Å². The zero-order valence-corrected chi connectivity index (χ0v) is 14.5. The normalized spacial score (nSPS) is 20.3. The van der Waals surface area contributed by atoms with Crippen LogP contribution in [0.3, 0.4) is 0 Å². The predicted molar refractivity (Wildman–Crippen MR) is 97.2 cm³/mol. The van der Waals surface area contributed by atoms with Crippen LogP contribution in [-0.4, -0.2) is 47.4 Å². The molecule has 1 aromatic carbocycles. The molecule has 0 saturated heterocycles. The third kappa shape index (κ3) is 3.47. The lowest BCUT2D eigenvalue weighted by Gasteiger charge is -2.29. The molecule has 24 heavy (non-hydrogen) atoms. The largest absolute Gasteiger partial charge is 0.370 e. The molecule has 0 fully saturated rings. The van der Waals surface area contributed by atoms with Crippen LogP contribution in [-0.2, 0) is 19.5 Å². The fourth-order valence-corrected chi connectivity index (χ4v) is 3.81. The van der Waals surface area contributed by atoms with Crippen molar-refractivity contribution in [1.29, 1.82) is 0 Å². The molecular weight excluding hydrogens is 298 g/mol. The third-order valence-corrected chi connectivity index (χ3v) is 5.15. The summed E-state index contributed by atoms with van der Waals surface area (Å²) < 4.78 is 2.10. The molecule has 2 N–H and O–H groups in total. The Morgan fingerprint density at radius 1 is 1.29 bits per heavy atom. The van der Waals surface area contributed by atoms with E-state index >= 15 is 0 Å². The maximum Gasteiger partial charge on any atom is 0.124 e. The number of aromatic nitrogens is 2. The molecule has 5 heteroatoms. The van der Waals surface area contributed by atoms with Crippen LogP contribution in [0, 0.1) is 12.8 Å². The highest BCUT2D eigenvalue weighted by atomic mass is 15.3. The van der Waals surface area contributed by atoms with Crippen molar-refractivity contribution in [2.24, 2.45) is 5.92 Å². The molecule has 0 spiro atoms. The maximum absolute atomic E-state index is 4.54. The number of rotatable bonds is 5. The standard InChI is InChI=1S/C19H27N5/c1-15-10-19-21-12-16(13-24(19)22-15)11-20-7-9-23-8-6-17-4-2-3-5-18(17)14-23/h2-5,10,16,20-21H,6-9,11-14H2,1H3/t16-/m1/s1. The van der Waals surface area contributed by atoms with E-state index in [1.165, 1.54) is 24.1 Å². The van der Waals surface area contributed by atoms with Crippen LogP contribution in [0.1, 0.15) is 16.8 Å². The van der Waals surface area contributed by atoms with Crippen molar-refractivity contribution in [3.05, 3.63) is 47.2 Å². The van der Waals surface area contributed by atoms with Crippen LogP contribution < -0.4 is 10.6 Å². The van der Waals surface area contributed by atoms with Crippen LogP contribution >= 0.6 is 0 Å². The average Bonchev–Trinajstić information content (AvgIpc) is 2.98. The minimum Gasteiger partial charge on any atom is -0.370 e. The molecule has 1 aromatic heterocycles. The van der Waals surface area contributed by atoms with Crippen molar-refractivity contribution >= 4 is 5.82 Å². The van der Waals surface area contributed by atoms with Gasteiger partial charge in [0.25, 0.3) is 0 Å². The average molecular weight is 325 g/mol. The second kappa shape index (κ2) is 6.95. The lowest BCUT2D eigenvalue weighted by Crippen LogP contribution is -2.40. The van der Waals surface area contributed by atoms with E-state index in [1.807, 2.05) is 0 Å². The highest BCUT2D eigenvalue weighted by molar-refractivity contribution is 5.38. The molecule has 1 atom stereocenters. The van der Waals surface area contributed by atoms with Gasteiger partial charge in [-0.15, -0.1) is 0 Å². The van der Waals surface area contributed by atoms with Crippen molar-refractivity contribution in [3.63, 3.8) is 0 Å². The number of nitrogens with zero attached hydrogens (tertiary/aromatic N) is 3. The molecule has 3 heterocycles. The summed E-state index contributed by atoms with van der Waals surface area (Å²) in [6.07, 6.45) is 1.18. The number of nitrogens with one attached hydrogen (secondary N) is 2. The van der Waals surface area contributed by atoms with E-state index in [9.17, 15) is 0 Å². The fraction of sp³-hybridized carbons (Fsp3) is 0.526. The molecule has 0 unspecified atom stereocenters. The van der Waals surface area contributed by atoms with Crippen molar-refractivity contribution < 1.29 is 0 Å². The molecule has 5 nitrogen and oxygen atoms in total. The van der Waals surface area contributed by atoms with Gasteiger partial charge in [-0.3, -0.25) is 4.90 Å². The van der Waals surface area contributed by atoms with Gasteiger partial charge in [0.1, 0.15) is 5.82 Å². The Morgan fingerprint density at radius 3 is 3.08 bits per heavy atom. The summed E-state index contributed by atoms with van der Waals surface area (Å²) >= 11 is 0. The summed E-state index contributed by atoms with van der Waals surface area (Å²) in [4.78, 5) is 2.56. The van der Waals surface area contributed by atoms with Gasteiger partial charge in [0.15, 0.2) is 0 Å². The van der Waals surface area contributed by atoms with E-state index in [0.717, 1.165) is 50.8 Å². The van der Waals surface area contributed by atoms with Crippen molar-refractivity contribution in [2.45, 2.75) is 26.4 Å². The second-order valence-electron chi connectivity index (χ2n) is 7.10. The number of hydrogen-bond acceptors (Lipinski definition) is 4. The van der Waals surface area contributed by atoms with Crippen LogP contribution in [0.4, 0.5) is 5.82 Å². The van der Waals surface area contributed by atoms with Crippen LogP contribution in [0.5, 0.6) is 0 Å². The van der Waals surface area contributed by atoms with E-state index in [4.69, 9.17) is 0 Å². The molecule has 4 rings (SSSR count). The summed E-state index contributed by atoms with van der Waals surface area (Å²) in [5, 5.41) is 11.7. The molecule has 0 bridgehead atoms. The number of fused-ring (bicyclic) bond motifs is 2. The van der Waals surface area contributed by atoms with Crippen molar-refractivity contribution in [1.82, 2.24) is 20.0 Å². The first-order chi connectivity index (χ1) is 11.8. The van der Waals surface area contributed by atoms with Gasteiger partial charge in [0.05, 0.1) is 5.69 Å². The second-order valence-corrected chi connectivity index (χ2v) is 7.10. The van der Waals surface area contributed by atoms with Crippen molar-refractivity contribution in [3.8, 4) is 0 Å². The zero-order valence-electron chi connectivity index (χ0n) is 14.5. The van der Waals surface area contributed by atoms with E-state index in [-0.39, 0.29) is 0 Å². The summed E-state index contributed by atoms with van der Waals surface area (Å²) in [5.41, 5.74) is 4.12. The Morgan fingerprint density at radius 2 is 2.17 bits per heavy atom. The van der Waals surface area contributed by atoms with Gasteiger partial charge in [-0.05, 0) is 24.5 Å². The first kappa shape index (κ1) is 15.7. The molecule has 0 aliphatic carbocycles. The van der Waals surface area contributed by atoms with Crippen LogP contribution in [0.2, 0.25) is 0 Å². The Hall–Kier alpha value is -1.85. The molecular formula is C19H27N5. The van der Waals surface area contributed by atoms with E-state index < -0.39 is 0 Å². The minimum atomic E-state index is 0.610. The smallest absolute Gasteiger partial charge is 0.124 e. The van der Waals surface area contributed by atoms with Gasteiger partial charge in [0, 0.05) is 57.8 Å². The van der Waals surface area contributed by atoms with Crippen LogP contribution in [0.15, 0.2) is 30.3 Å². The van der Waals surface area contributed by atoms with Gasteiger partial charge in [-0.1, -0.05) is 24.3 Å². The number of anilines is 1. The van der Waals surface area contributed by atoms with Gasteiger partial charge in [-0.25, -0.2) is 4.68 Å². The summed E-state index contributed by atoms with van der Waals surface area (Å²) in [5.74, 6) is 1.77. The first-order valence-electron chi connectivity index (χ1n) is 9.06. The van der Waals surface area contributed by atoms with E-state index in [0.29, 0.717) is 5.92 Å². The maximum atomic E-state index is 4.54. The summed E-state index contributed by atoms with van der Waals surface area (Å²) in [6.45, 7) is 9.62. The third-order valence-electron chi connectivity index (χ3n) is 5.15. The number of benzene rings is 1. The Labute approximate surface area is 144 Å². The van der Waals surface area contributed by atoms with Gasteiger partial charge < -0.3 is 10.6 Å². The van der Waals surface area contributed by atoms with E-state index in [1.54, 1.807) is 0 Å². The molecule has 2 aliphatic heterocycles. The number of hydrogen-bond donors (Lipinski definition) is 2. The van der Waals surface area contributed by atoms with Crippen LogP contribution in [0.25, 0.3) is 0 Å². The molecule has 0 radical (unpaired) electrons. The van der Waals surface area contributed by atoms with E-state index in [2.05, 4.69) is 62.6 Å². The van der Waals surface area contributed by atoms with Gasteiger partial charge in [0.2, 0.25) is 0 Å². The molecule has 128 valence electrons. The molecule has 0 amide bonds. The monoisotopic (exact) mass is 325 g/mol. The lowest BCUT2D eigenvalue weighted by atomic mass is 10.00. The summed E-state index contributed by atoms with van der Waals surface area (Å²) in [7, 11) is 0.